The van der Waals surface area contributed by atoms with Gasteiger partial charge in [-0.15, -0.1) is 11.8 Å². The van der Waals surface area contributed by atoms with Crippen molar-refractivity contribution in [3.63, 3.8) is 0 Å². The summed E-state index contributed by atoms with van der Waals surface area (Å²) in [4.78, 5) is 11.2. The molecule has 0 heterocycles. The molecule has 15 heavy (non-hydrogen) atoms. The number of primary amides is 1. The number of hydrogen-bond acceptors (Lipinski definition) is 2. The van der Waals surface area contributed by atoms with Gasteiger partial charge >= 0.3 is 0 Å². The molecule has 0 bridgehead atoms. The zero-order chi connectivity index (χ0) is 11.1. The van der Waals surface area contributed by atoms with Crippen molar-refractivity contribution in [2.75, 3.05) is 5.75 Å². The number of benzene rings is 1. The van der Waals surface area contributed by atoms with Gasteiger partial charge in [-0.05, 0) is 24.2 Å². The smallest absolute Gasteiger partial charge is 0.230 e. The molecule has 0 saturated carbocycles. The van der Waals surface area contributed by atoms with E-state index in [4.69, 9.17) is 5.73 Å². The molecule has 2 N–H and O–H groups in total. The third-order valence-electron chi connectivity index (χ3n) is 2.10. The van der Waals surface area contributed by atoms with Crippen molar-refractivity contribution >= 4 is 17.7 Å². The van der Waals surface area contributed by atoms with Crippen molar-refractivity contribution in [1.29, 1.82) is 0 Å². The van der Waals surface area contributed by atoms with Gasteiger partial charge in [-0.25, -0.2) is 0 Å². The van der Waals surface area contributed by atoms with Crippen LogP contribution in [0.3, 0.4) is 0 Å². The summed E-state index contributed by atoms with van der Waals surface area (Å²) in [5.41, 5.74) is 6.54. The maximum atomic E-state index is 11.2. The fourth-order valence-electron chi connectivity index (χ4n) is 1.33. The van der Waals surface area contributed by atoms with Gasteiger partial charge in [0.2, 0.25) is 5.91 Å². The average molecular weight is 223 g/mol. The monoisotopic (exact) mass is 223 g/mol. The molecule has 0 aliphatic carbocycles. The highest BCUT2D eigenvalue weighted by molar-refractivity contribution is 8.00. The van der Waals surface area contributed by atoms with Crippen LogP contribution in [0.5, 0.6) is 0 Å². The first-order valence-electron chi connectivity index (χ1n) is 5.19. The average Bonchev–Trinajstić information content (AvgIpc) is 2.25. The largest absolute Gasteiger partial charge is 0.369 e. The highest BCUT2D eigenvalue weighted by Gasteiger charge is 2.15. The molecular weight excluding hydrogens is 206 g/mol. The van der Waals surface area contributed by atoms with E-state index in [2.05, 4.69) is 6.92 Å². The van der Waals surface area contributed by atoms with Crippen LogP contribution in [0.2, 0.25) is 0 Å². The minimum absolute atomic E-state index is 0.0904. The second-order valence-electron chi connectivity index (χ2n) is 3.45. The quantitative estimate of drug-likeness (QED) is 0.803. The number of carbonyl (C=O) groups excluding carboxylic acids is 1. The second kappa shape index (κ2) is 6.51. The number of rotatable bonds is 6. The van der Waals surface area contributed by atoms with Crippen LogP contribution in [0.25, 0.3) is 0 Å². The van der Waals surface area contributed by atoms with Gasteiger partial charge in [-0.1, -0.05) is 37.3 Å². The lowest BCUT2D eigenvalue weighted by Gasteiger charge is -2.12. The van der Waals surface area contributed by atoms with Crippen molar-refractivity contribution in [3.8, 4) is 0 Å². The molecule has 0 saturated heterocycles. The van der Waals surface area contributed by atoms with Gasteiger partial charge in [-0.2, -0.15) is 0 Å². The Hall–Kier alpha value is -0.960. The highest BCUT2D eigenvalue weighted by Crippen LogP contribution is 2.17. The molecule has 0 aliphatic heterocycles. The lowest BCUT2D eigenvalue weighted by molar-refractivity contribution is -0.117. The predicted molar refractivity (Wildman–Crippen MR) is 65.9 cm³/mol. The summed E-state index contributed by atoms with van der Waals surface area (Å²) in [7, 11) is 0. The zero-order valence-corrected chi connectivity index (χ0v) is 9.80. The number of carbonyl (C=O) groups is 1. The Balaban J connectivity index is 2.55. The molecule has 1 aromatic rings. The van der Waals surface area contributed by atoms with Gasteiger partial charge in [0.05, 0.1) is 5.25 Å². The van der Waals surface area contributed by atoms with Crippen LogP contribution in [0, 0.1) is 0 Å². The van der Waals surface area contributed by atoms with E-state index >= 15 is 0 Å². The molecule has 0 radical (unpaired) electrons. The fourth-order valence-corrected chi connectivity index (χ4v) is 2.32. The van der Waals surface area contributed by atoms with Gasteiger partial charge in [0, 0.05) is 0 Å². The van der Waals surface area contributed by atoms with Gasteiger partial charge < -0.3 is 5.73 Å². The standard InChI is InChI=1S/C12H17NOS/c1-2-8-15-11(12(13)14)9-10-6-4-3-5-7-10/h3-7,11H,2,8-9H2,1H3,(H2,13,14). The molecule has 82 valence electrons. The Kier molecular flexibility index (Phi) is 5.26. The highest BCUT2D eigenvalue weighted by atomic mass is 32.2. The number of hydrogen-bond donors (Lipinski definition) is 1. The summed E-state index contributed by atoms with van der Waals surface area (Å²) in [6.45, 7) is 2.10. The molecule has 2 nitrogen and oxygen atoms in total. The van der Waals surface area contributed by atoms with Gasteiger partial charge in [0.15, 0.2) is 0 Å². The van der Waals surface area contributed by atoms with E-state index in [1.165, 1.54) is 5.56 Å². The molecule has 1 rings (SSSR count). The second-order valence-corrected chi connectivity index (χ2v) is 4.76. The van der Waals surface area contributed by atoms with E-state index in [-0.39, 0.29) is 11.2 Å². The maximum Gasteiger partial charge on any atom is 0.230 e. The zero-order valence-electron chi connectivity index (χ0n) is 8.98. The van der Waals surface area contributed by atoms with Gasteiger partial charge in [0.1, 0.15) is 0 Å². The molecule has 3 heteroatoms. The van der Waals surface area contributed by atoms with Crippen LogP contribution in [-0.2, 0) is 11.2 Å². The minimum Gasteiger partial charge on any atom is -0.369 e. The SMILES string of the molecule is CCCSC(Cc1ccccc1)C(N)=O. The third kappa shape index (κ3) is 4.38. The summed E-state index contributed by atoms with van der Waals surface area (Å²) < 4.78 is 0. The summed E-state index contributed by atoms with van der Waals surface area (Å²) >= 11 is 1.65. The van der Waals surface area contributed by atoms with Crippen molar-refractivity contribution in [1.82, 2.24) is 0 Å². The Morgan fingerprint density at radius 1 is 1.40 bits per heavy atom. The Morgan fingerprint density at radius 2 is 2.07 bits per heavy atom. The lowest BCUT2D eigenvalue weighted by Crippen LogP contribution is -2.28. The van der Waals surface area contributed by atoms with Gasteiger partial charge in [-0.3, -0.25) is 4.79 Å². The molecule has 1 unspecified atom stereocenters. The van der Waals surface area contributed by atoms with Crippen LogP contribution in [0.4, 0.5) is 0 Å². The first-order chi connectivity index (χ1) is 7.24. The molecule has 0 aromatic heterocycles. The van der Waals surface area contributed by atoms with Crippen LogP contribution in [-0.4, -0.2) is 16.9 Å². The van der Waals surface area contributed by atoms with Gasteiger partial charge in [0.25, 0.3) is 0 Å². The van der Waals surface area contributed by atoms with Crippen LogP contribution in [0.1, 0.15) is 18.9 Å². The topological polar surface area (TPSA) is 43.1 Å². The molecule has 1 aromatic carbocycles. The van der Waals surface area contributed by atoms with Crippen molar-refractivity contribution < 1.29 is 4.79 Å². The predicted octanol–water partition coefficient (Wildman–Crippen LogP) is 2.23. The molecule has 1 amide bonds. The lowest BCUT2D eigenvalue weighted by atomic mass is 10.1. The van der Waals surface area contributed by atoms with E-state index < -0.39 is 0 Å². The first kappa shape index (κ1) is 12.1. The normalized spacial score (nSPS) is 12.3. The van der Waals surface area contributed by atoms with Crippen LogP contribution in [0.15, 0.2) is 30.3 Å². The van der Waals surface area contributed by atoms with E-state index in [0.29, 0.717) is 0 Å². The number of amides is 1. The van der Waals surface area contributed by atoms with Crippen molar-refractivity contribution in [2.24, 2.45) is 5.73 Å². The molecular formula is C12H17NOS. The Bertz CT molecular complexity index is 300. The summed E-state index contributed by atoms with van der Waals surface area (Å²) in [6, 6.07) is 10.0. The maximum absolute atomic E-state index is 11.2. The Labute approximate surface area is 95.2 Å². The van der Waals surface area contributed by atoms with Crippen molar-refractivity contribution in [2.45, 2.75) is 25.0 Å². The summed E-state index contributed by atoms with van der Waals surface area (Å²) in [5, 5.41) is -0.0904. The fraction of sp³-hybridized carbons (Fsp3) is 0.417. The molecule has 0 aliphatic rings. The first-order valence-corrected chi connectivity index (χ1v) is 6.23. The van der Waals surface area contributed by atoms with E-state index in [9.17, 15) is 4.79 Å². The van der Waals surface area contributed by atoms with Crippen LogP contribution < -0.4 is 5.73 Å². The van der Waals surface area contributed by atoms with E-state index in [0.717, 1.165) is 18.6 Å². The summed E-state index contributed by atoms with van der Waals surface area (Å²) in [6.07, 6.45) is 1.81. The number of nitrogens with two attached hydrogens (primary N) is 1. The molecule has 0 fully saturated rings. The number of thioether (sulfide) groups is 1. The van der Waals surface area contributed by atoms with E-state index in [1.807, 2.05) is 30.3 Å². The minimum atomic E-state index is -0.211. The van der Waals surface area contributed by atoms with Crippen molar-refractivity contribution in [3.05, 3.63) is 35.9 Å². The molecule has 0 spiro atoms. The van der Waals surface area contributed by atoms with E-state index in [1.54, 1.807) is 11.8 Å². The Morgan fingerprint density at radius 3 is 2.60 bits per heavy atom. The van der Waals surface area contributed by atoms with Crippen LogP contribution >= 0.6 is 11.8 Å². The summed E-state index contributed by atoms with van der Waals surface area (Å²) in [5.74, 6) is 0.776. The third-order valence-corrected chi connectivity index (χ3v) is 3.55. The molecule has 1 atom stereocenters.